The molecule has 4 heterocycles. The van der Waals surface area contributed by atoms with Crippen LogP contribution >= 0.6 is 0 Å². The van der Waals surface area contributed by atoms with Crippen molar-refractivity contribution in [1.82, 2.24) is 19.7 Å². The Hall–Kier alpha value is -3.13. The standard InChI is InChI=1S/C20H18N4O/c1-20(2)10-17-16(19(25)22-13-20)9-14(11-21-17)6-7-15-12-24-8-4-3-5-18(24)23-15/h3-5,8-9,11-12H,10,13H2,1-2H3,(H,22,25). The Bertz CT molecular complexity index is 1000. The molecule has 1 N–H and O–H groups in total. The molecule has 0 saturated heterocycles. The fraction of sp³-hybridized carbons (Fsp3) is 0.250. The minimum absolute atomic E-state index is 0.00234. The molecule has 0 fully saturated rings. The first-order valence-corrected chi connectivity index (χ1v) is 8.23. The van der Waals surface area contributed by atoms with Crippen molar-refractivity contribution in [3.8, 4) is 11.8 Å². The molecule has 1 aliphatic heterocycles. The largest absolute Gasteiger partial charge is 0.351 e. The van der Waals surface area contributed by atoms with E-state index in [1.54, 1.807) is 6.20 Å². The molecule has 0 saturated carbocycles. The van der Waals surface area contributed by atoms with Crippen molar-refractivity contribution in [2.24, 2.45) is 5.41 Å². The van der Waals surface area contributed by atoms with Crippen LogP contribution in [0.4, 0.5) is 0 Å². The molecule has 1 amide bonds. The third-order valence-corrected chi connectivity index (χ3v) is 4.29. The van der Waals surface area contributed by atoms with Gasteiger partial charge < -0.3 is 9.72 Å². The van der Waals surface area contributed by atoms with Crippen molar-refractivity contribution in [3.63, 3.8) is 0 Å². The number of hydrogen-bond donors (Lipinski definition) is 1. The van der Waals surface area contributed by atoms with Crippen molar-refractivity contribution in [2.45, 2.75) is 20.3 Å². The van der Waals surface area contributed by atoms with Gasteiger partial charge in [0.15, 0.2) is 0 Å². The van der Waals surface area contributed by atoms with E-state index in [0.717, 1.165) is 17.8 Å². The molecule has 3 aromatic heterocycles. The van der Waals surface area contributed by atoms with E-state index in [-0.39, 0.29) is 11.3 Å². The Balaban J connectivity index is 1.68. The number of imidazole rings is 1. The van der Waals surface area contributed by atoms with Crippen LogP contribution in [0.2, 0.25) is 0 Å². The quantitative estimate of drug-likeness (QED) is 0.644. The van der Waals surface area contributed by atoms with Gasteiger partial charge in [-0.25, -0.2) is 4.98 Å². The summed E-state index contributed by atoms with van der Waals surface area (Å²) in [6.45, 7) is 4.90. The molecule has 0 aromatic carbocycles. The van der Waals surface area contributed by atoms with Gasteiger partial charge >= 0.3 is 0 Å². The van der Waals surface area contributed by atoms with E-state index >= 15 is 0 Å². The van der Waals surface area contributed by atoms with Gasteiger partial charge in [-0.1, -0.05) is 25.8 Å². The molecule has 5 nitrogen and oxygen atoms in total. The van der Waals surface area contributed by atoms with Gasteiger partial charge in [0.1, 0.15) is 11.3 Å². The normalized spacial score (nSPS) is 15.7. The number of hydrogen-bond acceptors (Lipinski definition) is 3. The monoisotopic (exact) mass is 330 g/mol. The molecule has 0 atom stereocenters. The first kappa shape index (κ1) is 15.4. The highest BCUT2D eigenvalue weighted by Gasteiger charge is 2.27. The molecule has 3 aromatic rings. The maximum absolute atomic E-state index is 12.3. The smallest absolute Gasteiger partial charge is 0.253 e. The van der Waals surface area contributed by atoms with E-state index in [1.165, 1.54) is 0 Å². The molecular weight excluding hydrogens is 312 g/mol. The second-order valence-electron chi connectivity index (χ2n) is 7.08. The fourth-order valence-electron chi connectivity index (χ4n) is 2.96. The van der Waals surface area contributed by atoms with E-state index in [2.05, 4.69) is 41.0 Å². The Labute approximate surface area is 146 Å². The van der Waals surface area contributed by atoms with Gasteiger partial charge in [0.05, 0.1) is 11.3 Å². The van der Waals surface area contributed by atoms with Crippen LogP contribution in [0, 0.1) is 17.3 Å². The molecule has 5 heteroatoms. The van der Waals surface area contributed by atoms with Gasteiger partial charge in [-0.15, -0.1) is 0 Å². The van der Waals surface area contributed by atoms with E-state index in [9.17, 15) is 4.79 Å². The lowest BCUT2D eigenvalue weighted by Crippen LogP contribution is -2.31. The molecule has 124 valence electrons. The lowest BCUT2D eigenvalue weighted by Gasteiger charge is -2.21. The summed E-state index contributed by atoms with van der Waals surface area (Å²) in [6, 6.07) is 7.64. The molecule has 0 radical (unpaired) electrons. The van der Waals surface area contributed by atoms with Crippen LogP contribution in [0.25, 0.3) is 5.65 Å². The number of amides is 1. The van der Waals surface area contributed by atoms with Crippen LogP contribution in [-0.4, -0.2) is 26.8 Å². The van der Waals surface area contributed by atoms with Crippen LogP contribution in [0.3, 0.4) is 0 Å². The highest BCUT2D eigenvalue weighted by atomic mass is 16.1. The summed E-state index contributed by atoms with van der Waals surface area (Å²) in [5, 5.41) is 2.97. The van der Waals surface area contributed by atoms with Gasteiger partial charge in [0, 0.05) is 30.7 Å². The predicted molar refractivity (Wildman–Crippen MR) is 95.2 cm³/mol. The molecule has 4 rings (SSSR count). The van der Waals surface area contributed by atoms with Gasteiger partial charge in [0.2, 0.25) is 0 Å². The summed E-state index contributed by atoms with van der Waals surface area (Å²) in [7, 11) is 0. The third kappa shape index (κ3) is 3.11. The van der Waals surface area contributed by atoms with Crippen LogP contribution in [0.5, 0.6) is 0 Å². The zero-order valence-electron chi connectivity index (χ0n) is 14.2. The van der Waals surface area contributed by atoms with Crippen LogP contribution in [0.15, 0.2) is 42.9 Å². The second kappa shape index (κ2) is 5.75. The second-order valence-corrected chi connectivity index (χ2v) is 7.08. The molecular formula is C20H18N4O. The first-order chi connectivity index (χ1) is 12.0. The van der Waals surface area contributed by atoms with Crippen molar-refractivity contribution in [1.29, 1.82) is 0 Å². The van der Waals surface area contributed by atoms with Gasteiger partial charge in [-0.05, 0) is 36.0 Å². The summed E-state index contributed by atoms with van der Waals surface area (Å²) >= 11 is 0. The average Bonchev–Trinajstić information content (AvgIpc) is 2.96. The summed E-state index contributed by atoms with van der Waals surface area (Å²) in [4.78, 5) is 21.3. The SMILES string of the molecule is CC1(C)CNC(=O)c2cc(C#Cc3cn4ccccc4n3)cnc2C1. The lowest BCUT2D eigenvalue weighted by atomic mass is 9.87. The maximum Gasteiger partial charge on any atom is 0.253 e. The molecule has 1 aliphatic rings. The van der Waals surface area contributed by atoms with E-state index < -0.39 is 0 Å². The highest BCUT2D eigenvalue weighted by molar-refractivity contribution is 5.96. The van der Waals surface area contributed by atoms with E-state index in [4.69, 9.17) is 0 Å². The minimum atomic E-state index is -0.0792. The number of aromatic nitrogens is 3. The summed E-state index contributed by atoms with van der Waals surface area (Å²) in [5.74, 6) is 6.04. The van der Waals surface area contributed by atoms with Gasteiger partial charge in [0.25, 0.3) is 5.91 Å². The molecule has 0 bridgehead atoms. The lowest BCUT2D eigenvalue weighted by molar-refractivity contribution is 0.0944. The maximum atomic E-state index is 12.3. The predicted octanol–water partition coefficient (Wildman–Crippen LogP) is 2.44. The van der Waals surface area contributed by atoms with Gasteiger partial charge in [-0.3, -0.25) is 9.78 Å². The Morgan fingerprint density at radius 3 is 3.00 bits per heavy atom. The molecule has 0 aliphatic carbocycles. The Morgan fingerprint density at radius 1 is 1.28 bits per heavy atom. The number of carbonyl (C=O) groups excluding carboxylic acids is 1. The van der Waals surface area contributed by atoms with Crippen LogP contribution in [0.1, 0.15) is 41.2 Å². The Kier molecular flexibility index (Phi) is 3.54. The zero-order valence-corrected chi connectivity index (χ0v) is 14.2. The van der Waals surface area contributed by atoms with E-state index in [1.807, 2.05) is 41.1 Å². The number of fused-ring (bicyclic) bond motifs is 2. The van der Waals surface area contributed by atoms with Crippen molar-refractivity contribution < 1.29 is 4.79 Å². The zero-order chi connectivity index (χ0) is 17.4. The third-order valence-electron chi connectivity index (χ3n) is 4.29. The van der Waals surface area contributed by atoms with Crippen molar-refractivity contribution in [2.75, 3.05) is 6.54 Å². The Morgan fingerprint density at radius 2 is 2.16 bits per heavy atom. The highest BCUT2D eigenvalue weighted by Crippen LogP contribution is 2.25. The number of carbonyl (C=O) groups is 1. The summed E-state index contributed by atoms with van der Waals surface area (Å²) in [5.41, 5.74) is 3.70. The number of pyridine rings is 2. The molecule has 25 heavy (non-hydrogen) atoms. The average molecular weight is 330 g/mol. The van der Waals surface area contributed by atoms with E-state index in [0.29, 0.717) is 23.4 Å². The van der Waals surface area contributed by atoms with Crippen LogP contribution < -0.4 is 5.32 Å². The van der Waals surface area contributed by atoms with Crippen molar-refractivity contribution >= 4 is 11.6 Å². The number of nitrogens with one attached hydrogen (secondary N) is 1. The first-order valence-electron chi connectivity index (χ1n) is 8.23. The van der Waals surface area contributed by atoms with Gasteiger partial charge in [-0.2, -0.15) is 0 Å². The fourth-order valence-corrected chi connectivity index (χ4v) is 2.96. The summed E-state index contributed by atoms with van der Waals surface area (Å²) < 4.78 is 1.93. The molecule has 0 spiro atoms. The number of nitrogens with zero attached hydrogens (tertiary/aromatic N) is 3. The van der Waals surface area contributed by atoms with Crippen LogP contribution in [-0.2, 0) is 6.42 Å². The minimum Gasteiger partial charge on any atom is -0.351 e. The summed E-state index contributed by atoms with van der Waals surface area (Å²) in [6.07, 6.45) is 6.31. The molecule has 0 unspecified atom stereocenters. The van der Waals surface area contributed by atoms with Crippen molar-refractivity contribution in [3.05, 3.63) is 65.4 Å². The topological polar surface area (TPSA) is 59.3 Å². The number of rotatable bonds is 0.